The maximum atomic E-state index is 10.7. The Hall–Kier alpha value is -1.10. The number of amides is 1. The van der Waals surface area contributed by atoms with E-state index in [1.807, 2.05) is 0 Å². The number of rotatable bonds is 3. The van der Waals surface area contributed by atoms with Crippen molar-refractivity contribution in [1.29, 1.82) is 0 Å². The normalized spacial score (nSPS) is 28.8. The van der Waals surface area contributed by atoms with Crippen LogP contribution in [-0.2, 0) is 9.59 Å². The minimum atomic E-state index is -1.08. The van der Waals surface area contributed by atoms with Crippen molar-refractivity contribution in [1.82, 2.24) is 5.32 Å². The molecule has 1 rings (SSSR count). The van der Waals surface area contributed by atoms with Gasteiger partial charge in [0.15, 0.2) is 0 Å². The van der Waals surface area contributed by atoms with E-state index in [1.165, 1.54) is 6.92 Å². The fourth-order valence-corrected chi connectivity index (χ4v) is 1.47. The van der Waals surface area contributed by atoms with Crippen LogP contribution in [-0.4, -0.2) is 34.2 Å². The maximum absolute atomic E-state index is 10.7. The lowest BCUT2D eigenvalue weighted by molar-refractivity contribution is -0.147. The summed E-state index contributed by atoms with van der Waals surface area (Å²) in [5, 5.41) is 20.3. The Morgan fingerprint density at radius 3 is 2.31 bits per heavy atom. The van der Waals surface area contributed by atoms with Crippen molar-refractivity contribution in [2.75, 3.05) is 0 Å². The molecule has 0 aromatic heterocycles. The first-order chi connectivity index (χ1) is 6.02. The summed E-state index contributed by atoms with van der Waals surface area (Å²) in [5.74, 6) is -1.80. The molecule has 1 amide bonds. The second kappa shape index (κ2) is 3.74. The Bertz CT molecular complexity index is 228. The Morgan fingerprint density at radius 2 is 2.08 bits per heavy atom. The number of carbonyl (C=O) groups excluding carboxylic acids is 1. The number of carbonyl (C=O) groups is 2. The second-order valence-corrected chi connectivity index (χ2v) is 3.32. The summed E-state index contributed by atoms with van der Waals surface area (Å²) in [7, 11) is 0. The number of aliphatic hydroxyl groups excluding tert-OH is 1. The van der Waals surface area contributed by atoms with Crippen LogP contribution in [0.2, 0.25) is 0 Å². The lowest BCUT2D eigenvalue weighted by atomic mass is 9.77. The van der Waals surface area contributed by atoms with E-state index in [-0.39, 0.29) is 11.8 Å². The van der Waals surface area contributed by atoms with E-state index in [4.69, 9.17) is 5.11 Å². The molecule has 0 saturated heterocycles. The molecule has 1 aliphatic carbocycles. The number of carboxylic acids is 1. The van der Waals surface area contributed by atoms with Gasteiger partial charge < -0.3 is 15.5 Å². The van der Waals surface area contributed by atoms with Gasteiger partial charge in [0.2, 0.25) is 5.91 Å². The summed E-state index contributed by atoms with van der Waals surface area (Å²) in [6.45, 7) is 1.26. The minimum absolute atomic E-state index is 0.332. The number of carboxylic acid groups (broad SMARTS) is 1. The highest BCUT2D eigenvalue weighted by atomic mass is 16.4. The van der Waals surface area contributed by atoms with Gasteiger partial charge in [-0.1, -0.05) is 0 Å². The molecular formula is C8H13NO4. The van der Waals surface area contributed by atoms with Crippen LogP contribution in [0.15, 0.2) is 0 Å². The van der Waals surface area contributed by atoms with E-state index in [9.17, 15) is 14.7 Å². The SMILES string of the molecule is CC(=O)NC(C(=O)O)C1CCC1O. The highest BCUT2D eigenvalue weighted by Crippen LogP contribution is 2.30. The van der Waals surface area contributed by atoms with E-state index >= 15 is 0 Å². The summed E-state index contributed by atoms with van der Waals surface area (Å²) < 4.78 is 0. The Morgan fingerprint density at radius 1 is 1.46 bits per heavy atom. The number of nitrogens with one attached hydrogen (secondary N) is 1. The van der Waals surface area contributed by atoms with Gasteiger partial charge in [0.1, 0.15) is 6.04 Å². The molecule has 0 aromatic rings. The van der Waals surface area contributed by atoms with Crippen LogP contribution in [0.4, 0.5) is 0 Å². The zero-order chi connectivity index (χ0) is 10.0. The fraction of sp³-hybridized carbons (Fsp3) is 0.750. The van der Waals surface area contributed by atoms with Crippen LogP contribution < -0.4 is 5.32 Å². The molecule has 0 radical (unpaired) electrons. The van der Waals surface area contributed by atoms with E-state index in [0.717, 1.165) is 0 Å². The van der Waals surface area contributed by atoms with E-state index in [2.05, 4.69) is 5.32 Å². The largest absolute Gasteiger partial charge is 0.480 e. The van der Waals surface area contributed by atoms with Gasteiger partial charge in [-0.15, -0.1) is 0 Å². The van der Waals surface area contributed by atoms with E-state index in [0.29, 0.717) is 12.8 Å². The zero-order valence-corrected chi connectivity index (χ0v) is 7.36. The summed E-state index contributed by atoms with van der Waals surface area (Å²) >= 11 is 0. The summed E-state index contributed by atoms with van der Waals surface area (Å²) in [6.07, 6.45) is 0.680. The van der Waals surface area contributed by atoms with Crippen molar-refractivity contribution in [3.05, 3.63) is 0 Å². The third-order valence-corrected chi connectivity index (χ3v) is 2.34. The molecule has 0 aliphatic heterocycles. The average Bonchev–Trinajstić information content (AvgIpc) is 1.99. The van der Waals surface area contributed by atoms with Crippen LogP contribution in [0.5, 0.6) is 0 Å². The quantitative estimate of drug-likeness (QED) is 0.547. The van der Waals surface area contributed by atoms with Crippen LogP contribution in [0.1, 0.15) is 19.8 Å². The lowest BCUT2D eigenvalue weighted by Gasteiger charge is -2.36. The lowest BCUT2D eigenvalue weighted by Crippen LogP contribution is -2.52. The smallest absolute Gasteiger partial charge is 0.326 e. The van der Waals surface area contributed by atoms with Crippen molar-refractivity contribution in [3.63, 3.8) is 0 Å². The number of hydrogen-bond donors (Lipinski definition) is 3. The molecule has 3 N–H and O–H groups in total. The van der Waals surface area contributed by atoms with Crippen LogP contribution >= 0.6 is 0 Å². The maximum Gasteiger partial charge on any atom is 0.326 e. The summed E-state index contributed by atoms with van der Waals surface area (Å²) in [5.41, 5.74) is 0. The number of aliphatic carboxylic acids is 1. The third kappa shape index (κ3) is 2.18. The first-order valence-corrected chi connectivity index (χ1v) is 4.20. The second-order valence-electron chi connectivity index (χ2n) is 3.32. The van der Waals surface area contributed by atoms with Crippen LogP contribution in [0.3, 0.4) is 0 Å². The van der Waals surface area contributed by atoms with Gasteiger partial charge in [0, 0.05) is 12.8 Å². The number of hydrogen-bond acceptors (Lipinski definition) is 3. The topological polar surface area (TPSA) is 86.6 Å². The van der Waals surface area contributed by atoms with Gasteiger partial charge in [0.05, 0.1) is 6.10 Å². The molecule has 1 aliphatic rings. The molecule has 0 heterocycles. The number of aliphatic hydroxyl groups is 1. The molecule has 74 valence electrons. The van der Waals surface area contributed by atoms with Gasteiger partial charge in [-0.25, -0.2) is 4.79 Å². The predicted octanol–water partition coefficient (Wildman–Crippen LogP) is -0.653. The van der Waals surface area contributed by atoms with Gasteiger partial charge in [-0.05, 0) is 12.8 Å². The molecule has 3 atom stereocenters. The molecule has 5 nitrogen and oxygen atoms in total. The van der Waals surface area contributed by atoms with Crippen molar-refractivity contribution < 1.29 is 19.8 Å². The Labute approximate surface area is 75.7 Å². The van der Waals surface area contributed by atoms with Crippen molar-refractivity contribution in [3.8, 4) is 0 Å². The fourth-order valence-electron chi connectivity index (χ4n) is 1.47. The first-order valence-electron chi connectivity index (χ1n) is 4.20. The van der Waals surface area contributed by atoms with Crippen LogP contribution in [0, 0.1) is 5.92 Å². The zero-order valence-electron chi connectivity index (χ0n) is 7.36. The molecule has 0 bridgehead atoms. The Balaban J connectivity index is 2.57. The summed E-state index contributed by atoms with van der Waals surface area (Å²) in [4.78, 5) is 21.3. The van der Waals surface area contributed by atoms with E-state index < -0.39 is 18.1 Å². The molecule has 0 aromatic carbocycles. The first kappa shape index (κ1) is 9.98. The monoisotopic (exact) mass is 187 g/mol. The molecule has 1 saturated carbocycles. The molecule has 5 heteroatoms. The summed E-state index contributed by atoms with van der Waals surface area (Å²) in [6, 6.07) is -0.943. The van der Waals surface area contributed by atoms with E-state index in [1.54, 1.807) is 0 Å². The highest BCUT2D eigenvalue weighted by molar-refractivity contribution is 5.82. The molecular weight excluding hydrogens is 174 g/mol. The molecule has 0 spiro atoms. The highest BCUT2D eigenvalue weighted by Gasteiger charge is 2.39. The van der Waals surface area contributed by atoms with Gasteiger partial charge in [0.25, 0.3) is 0 Å². The average molecular weight is 187 g/mol. The van der Waals surface area contributed by atoms with Crippen molar-refractivity contribution in [2.45, 2.75) is 31.9 Å². The van der Waals surface area contributed by atoms with Crippen molar-refractivity contribution >= 4 is 11.9 Å². The third-order valence-electron chi connectivity index (χ3n) is 2.34. The van der Waals surface area contributed by atoms with Gasteiger partial charge in [-0.3, -0.25) is 4.79 Å². The predicted molar refractivity (Wildman–Crippen MR) is 44.0 cm³/mol. The van der Waals surface area contributed by atoms with Crippen LogP contribution in [0.25, 0.3) is 0 Å². The minimum Gasteiger partial charge on any atom is -0.480 e. The van der Waals surface area contributed by atoms with Gasteiger partial charge in [-0.2, -0.15) is 0 Å². The molecule has 3 unspecified atom stereocenters. The van der Waals surface area contributed by atoms with Gasteiger partial charge >= 0.3 is 5.97 Å². The molecule has 1 fully saturated rings. The standard InChI is InChI=1S/C8H13NO4/c1-4(10)9-7(8(12)13)5-2-3-6(5)11/h5-7,11H,2-3H2,1H3,(H,9,10)(H,12,13). The van der Waals surface area contributed by atoms with Crippen molar-refractivity contribution in [2.24, 2.45) is 5.92 Å². The molecule has 13 heavy (non-hydrogen) atoms. The Kier molecular flexibility index (Phi) is 2.87.